The second-order valence-electron chi connectivity index (χ2n) is 4.83. The lowest BCUT2D eigenvalue weighted by Gasteiger charge is -2.33. The third-order valence-electron chi connectivity index (χ3n) is 3.46. The van der Waals surface area contributed by atoms with Crippen LogP contribution in [0.2, 0.25) is 0 Å². The molecule has 0 aliphatic heterocycles. The number of esters is 1. The second-order valence-corrected chi connectivity index (χ2v) is 4.83. The molecule has 94 valence electrons. The number of nitrogens with two attached hydrogens (primary N) is 1. The number of carbonyl (C=O) groups excluding carboxylic acids is 1. The van der Waals surface area contributed by atoms with Gasteiger partial charge in [-0.05, 0) is 19.4 Å². The van der Waals surface area contributed by atoms with E-state index >= 15 is 0 Å². The molecule has 0 aliphatic rings. The van der Waals surface area contributed by atoms with Crippen molar-refractivity contribution in [1.82, 2.24) is 0 Å². The van der Waals surface area contributed by atoms with E-state index in [4.69, 9.17) is 10.5 Å². The third-order valence-corrected chi connectivity index (χ3v) is 3.46. The maximum absolute atomic E-state index is 11.5. The fraction of sp³-hybridized carbons (Fsp3) is 0.500. The van der Waals surface area contributed by atoms with Crippen LogP contribution in [0.3, 0.4) is 0 Å². The topological polar surface area (TPSA) is 52.3 Å². The Morgan fingerprint density at radius 1 is 1.41 bits per heavy atom. The van der Waals surface area contributed by atoms with Gasteiger partial charge in [-0.1, -0.05) is 36.8 Å². The Morgan fingerprint density at radius 3 is 2.35 bits per heavy atom. The molecule has 0 saturated carbocycles. The van der Waals surface area contributed by atoms with Gasteiger partial charge in [0.2, 0.25) is 0 Å². The van der Waals surface area contributed by atoms with Crippen molar-refractivity contribution in [2.75, 3.05) is 7.11 Å². The average molecular weight is 235 g/mol. The van der Waals surface area contributed by atoms with Crippen LogP contribution in [0.5, 0.6) is 0 Å². The summed E-state index contributed by atoms with van der Waals surface area (Å²) in [5.41, 5.74) is 7.91. The average Bonchev–Trinajstić information content (AvgIpc) is 2.29. The monoisotopic (exact) mass is 235 g/mol. The fourth-order valence-corrected chi connectivity index (χ4v) is 1.83. The van der Waals surface area contributed by atoms with Gasteiger partial charge in [-0.15, -0.1) is 0 Å². The van der Waals surface area contributed by atoms with Crippen LogP contribution in [0.25, 0.3) is 0 Å². The molecule has 0 heterocycles. The number of ether oxygens (including phenoxy) is 1. The number of rotatable bonds is 4. The van der Waals surface area contributed by atoms with Crippen LogP contribution >= 0.6 is 0 Å². The van der Waals surface area contributed by atoms with Gasteiger partial charge in [-0.25, -0.2) is 0 Å². The lowest BCUT2D eigenvalue weighted by Crippen LogP contribution is -2.42. The van der Waals surface area contributed by atoms with Crippen LogP contribution in [-0.2, 0) is 14.9 Å². The second kappa shape index (κ2) is 5.32. The van der Waals surface area contributed by atoms with Gasteiger partial charge in [0.25, 0.3) is 0 Å². The summed E-state index contributed by atoms with van der Waals surface area (Å²) >= 11 is 0. The van der Waals surface area contributed by atoms with E-state index in [1.807, 2.05) is 45.0 Å². The van der Waals surface area contributed by atoms with Gasteiger partial charge < -0.3 is 10.5 Å². The standard InChI is InChI=1S/C14H21NO2/c1-10-5-7-12(8-6-10)14(3,11(2)15)9-13(16)17-4/h5-8,11H,9,15H2,1-4H3. The predicted octanol–water partition coefficient (Wildman–Crippen LogP) is 2.16. The SMILES string of the molecule is COC(=O)CC(C)(c1ccc(C)cc1)C(C)N. The zero-order chi connectivity index (χ0) is 13.1. The third kappa shape index (κ3) is 3.07. The van der Waals surface area contributed by atoms with Crippen LogP contribution in [-0.4, -0.2) is 19.1 Å². The Bertz CT molecular complexity index is 384. The molecule has 3 nitrogen and oxygen atoms in total. The number of methoxy groups -OCH3 is 1. The summed E-state index contributed by atoms with van der Waals surface area (Å²) in [5.74, 6) is -0.231. The van der Waals surface area contributed by atoms with E-state index in [0.717, 1.165) is 5.56 Å². The first-order valence-electron chi connectivity index (χ1n) is 5.79. The summed E-state index contributed by atoms with van der Waals surface area (Å²) in [6, 6.07) is 8.01. The van der Waals surface area contributed by atoms with Crippen LogP contribution in [0.4, 0.5) is 0 Å². The molecule has 1 aromatic carbocycles. The van der Waals surface area contributed by atoms with E-state index in [1.54, 1.807) is 0 Å². The minimum absolute atomic E-state index is 0.121. The smallest absolute Gasteiger partial charge is 0.306 e. The first-order chi connectivity index (χ1) is 7.90. The molecule has 0 spiro atoms. The molecule has 0 aromatic heterocycles. The fourth-order valence-electron chi connectivity index (χ4n) is 1.83. The van der Waals surface area contributed by atoms with Gasteiger partial charge in [0.1, 0.15) is 0 Å². The Hall–Kier alpha value is -1.35. The first kappa shape index (κ1) is 13.7. The molecular formula is C14H21NO2. The summed E-state index contributed by atoms with van der Waals surface area (Å²) in [4.78, 5) is 11.5. The minimum Gasteiger partial charge on any atom is -0.469 e. The van der Waals surface area contributed by atoms with Crippen molar-refractivity contribution >= 4 is 5.97 Å². The lowest BCUT2D eigenvalue weighted by molar-refractivity contribution is -0.142. The lowest BCUT2D eigenvalue weighted by atomic mass is 9.74. The van der Waals surface area contributed by atoms with Crippen molar-refractivity contribution in [2.45, 2.75) is 38.6 Å². The molecule has 0 fully saturated rings. The Morgan fingerprint density at radius 2 is 1.94 bits per heavy atom. The zero-order valence-corrected chi connectivity index (χ0v) is 11.0. The quantitative estimate of drug-likeness (QED) is 0.814. The number of benzene rings is 1. The molecule has 2 N–H and O–H groups in total. The van der Waals surface area contributed by atoms with Gasteiger partial charge in [0.15, 0.2) is 0 Å². The molecule has 3 heteroatoms. The molecule has 1 rings (SSSR count). The van der Waals surface area contributed by atoms with Crippen molar-refractivity contribution < 1.29 is 9.53 Å². The summed E-state index contributed by atoms with van der Waals surface area (Å²) in [5, 5.41) is 0. The van der Waals surface area contributed by atoms with Gasteiger partial charge in [-0.3, -0.25) is 4.79 Å². The molecular weight excluding hydrogens is 214 g/mol. The van der Waals surface area contributed by atoms with E-state index in [0.29, 0.717) is 6.42 Å². The van der Waals surface area contributed by atoms with Crippen molar-refractivity contribution in [3.63, 3.8) is 0 Å². The van der Waals surface area contributed by atoms with Gasteiger partial charge in [0.05, 0.1) is 13.5 Å². The highest BCUT2D eigenvalue weighted by molar-refractivity contribution is 5.71. The highest BCUT2D eigenvalue weighted by Gasteiger charge is 2.33. The summed E-state index contributed by atoms with van der Waals surface area (Å²) in [7, 11) is 1.40. The Labute approximate surface area is 103 Å². The number of hydrogen-bond donors (Lipinski definition) is 1. The Balaban J connectivity index is 3.07. The van der Waals surface area contributed by atoms with Crippen molar-refractivity contribution in [3.05, 3.63) is 35.4 Å². The van der Waals surface area contributed by atoms with Gasteiger partial charge in [0, 0.05) is 11.5 Å². The van der Waals surface area contributed by atoms with Crippen LogP contribution < -0.4 is 5.73 Å². The molecule has 17 heavy (non-hydrogen) atoms. The molecule has 0 amide bonds. The van der Waals surface area contributed by atoms with Crippen LogP contribution in [0.15, 0.2) is 24.3 Å². The summed E-state index contributed by atoms with van der Waals surface area (Å²) < 4.78 is 4.75. The van der Waals surface area contributed by atoms with E-state index in [2.05, 4.69) is 0 Å². The molecule has 0 saturated heterocycles. The van der Waals surface area contributed by atoms with E-state index in [-0.39, 0.29) is 17.4 Å². The summed E-state index contributed by atoms with van der Waals surface area (Å²) in [6.45, 7) is 5.95. The Kier molecular flexibility index (Phi) is 4.29. The molecule has 2 atom stereocenters. The van der Waals surface area contributed by atoms with Gasteiger partial charge >= 0.3 is 5.97 Å². The zero-order valence-electron chi connectivity index (χ0n) is 11.0. The summed E-state index contributed by atoms with van der Waals surface area (Å²) in [6.07, 6.45) is 0.296. The number of aryl methyl sites for hydroxylation is 1. The molecule has 0 radical (unpaired) electrons. The van der Waals surface area contributed by atoms with Crippen LogP contribution in [0.1, 0.15) is 31.4 Å². The minimum atomic E-state index is -0.388. The number of carbonyl (C=O) groups is 1. The molecule has 1 aromatic rings. The first-order valence-corrected chi connectivity index (χ1v) is 5.79. The van der Waals surface area contributed by atoms with E-state index in [1.165, 1.54) is 12.7 Å². The molecule has 0 aliphatic carbocycles. The maximum Gasteiger partial charge on any atom is 0.306 e. The normalized spacial score (nSPS) is 16.1. The van der Waals surface area contributed by atoms with E-state index < -0.39 is 0 Å². The van der Waals surface area contributed by atoms with Crippen molar-refractivity contribution in [2.24, 2.45) is 5.73 Å². The maximum atomic E-state index is 11.5. The van der Waals surface area contributed by atoms with Crippen molar-refractivity contribution in [3.8, 4) is 0 Å². The largest absolute Gasteiger partial charge is 0.469 e. The predicted molar refractivity (Wildman–Crippen MR) is 68.8 cm³/mol. The van der Waals surface area contributed by atoms with Crippen LogP contribution in [0, 0.1) is 6.92 Å². The van der Waals surface area contributed by atoms with E-state index in [9.17, 15) is 4.79 Å². The molecule has 2 unspecified atom stereocenters. The molecule has 0 bridgehead atoms. The van der Waals surface area contributed by atoms with Gasteiger partial charge in [-0.2, -0.15) is 0 Å². The highest BCUT2D eigenvalue weighted by Crippen LogP contribution is 2.31. The van der Waals surface area contributed by atoms with Crippen molar-refractivity contribution in [1.29, 1.82) is 0 Å². The highest BCUT2D eigenvalue weighted by atomic mass is 16.5. The number of hydrogen-bond acceptors (Lipinski definition) is 3.